The highest BCUT2D eigenvalue weighted by atomic mass is 127. The van der Waals surface area contributed by atoms with E-state index in [0.29, 0.717) is 6.42 Å². The van der Waals surface area contributed by atoms with Crippen LogP contribution >= 0.6 is 22.6 Å². The van der Waals surface area contributed by atoms with E-state index in [0.717, 1.165) is 9.13 Å². The minimum absolute atomic E-state index is 0.186. The second kappa shape index (κ2) is 7.39. The van der Waals surface area contributed by atoms with Gasteiger partial charge in [-0.1, -0.05) is 12.1 Å². The summed E-state index contributed by atoms with van der Waals surface area (Å²) in [6.45, 7) is -1.50. The van der Waals surface area contributed by atoms with Crippen molar-refractivity contribution in [1.29, 1.82) is 0 Å². The standard InChI is InChI=1S/C12H14F4INO/c13-11(14)12(15,16)7-19-6-10(18)5-8-1-3-9(17)4-2-8/h1-4,10-11H,5-7,18H2. The summed E-state index contributed by atoms with van der Waals surface area (Å²) in [6, 6.07) is 7.03. The van der Waals surface area contributed by atoms with E-state index in [9.17, 15) is 17.6 Å². The molecule has 2 nitrogen and oxygen atoms in total. The number of ether oxygens (including phenoxy) is 1. The molecule has 0 aliphatic heterocycles. The van der Waals surface area contributed by atoms with Crippen molar-refractivity contribution in [2.45, 2.75) is 24.8 Å². The Labute approximate surface area is 122 Å². The maximum Gasteiger partial charge on any atom is 0.330 e. The van der Waals surface area contributed by atoms with E-state index < -0.39 is 25.0 Å². The average Bonchev–Trinajstić information content (AvgIpc) is 2.31. The van der Waals surface area contributed by atoms with Crippen LogP contribution in [0.25, 0.3) is 0 Å². The lowest BCUT2D eigenvalue weighted by Gasteiger charge is -2.17. The van der Waals surface area contributed by atoms with Crippen molar-refractivity contribution < 1.29 is 22.3 Å². The van der Waals surface area contributed by atoms with Gasteiger partial charge in [0.2, 0.25) is 0 Å². The quantitative estimate of drug-likeness (QED) is 0.573. The topological polar surface area (TPSA) is 35.2 Å². The van der Waals surface area contributed by atoms with Crippen molar-refractivity contribution in [3.63, 3.8) is 0 Å². The summed E-state index contributed by atoms with van der Waals surface area (Å²) in [5, 5.41) is 0. The first-order chi connectivity index (χ1) is 8.81. The molecule has 1 unspecified atom stereocenters. The van der Waals surface area contributed by atoms with E-state index in [4.69, 9.17) is 5.73 Å². The first-order valence-electron chi connectivity index (χ1n) is 5.55. The predicted molar refractivity (Wildman–Crippen MR) is 72.6 cm³/mol. The van der Waals surface area contributed by atoms with Gasteiger partial charge in [-0.25, -0.2) is 8.78 Å². The van der Waals surface area contributed by atoms with Crippen LogP contribution in [-0.2, 0) is 11.2 Å². The van der Waals surface area contributed by atoms with E-state index in [1.165, 1.54) is 0 Å². The van der Waals surface area contributed by atoms with E-state index >= 15 is 0 Å². The summed E-state index contributed by atoms with van der Waals surface area (Å²) in [5.41, 5.74) is 6.63. The maximum absolute atomic E-state index is 12.6. The van der Waals surface area contributed by atoms with E-state index in [1.807, 2.05) is 24.3 Å². The van der Waals surface area contributed by atoms with E-state index in [2.05, 4.69) is 27.3 Å². The number of benzene rings is 1. The van der Waals surface area contributed by atoms with Crippen LogP contribution in [0.1, 0.15) is 5.56 Å². The zero-order chi connectivity index (χ0) is 14.5. The molecule has 0 spiro atoms. The van der Waals surface area contributed by atoms with Crippen LogP contribution in [0.15, 0.2) is 24.3 Å². The Balaban J connectivity index is 2.32. The third-order valence-corrected chi connectivity index (χ3v) is 3.08. The zero-order valence-corrected chi connectivity index (χ0v) is 12.1. The number of hydrogen-bond acceptors (Lipinski definition) is 2. The van der Waals surface area contributed by atoms with Gasteiger partial charge in [0, 0.05) is 9.61 Å². The molecule has 0 aliphatic rings. The Morgan fingerprint density at radius 2 is 1.79 bits per heavy atom. The Hall–Kier alpha value is -0.410. The minimum Gasteiger partial charge on any atom is -0.373 e. The molecule has 108 valence electrons. The summed E-state index contributed by atoms with van der Waals surface area (Å²) in [6.07, 6.45) is -3.28. The SMILES string of the molecule is NC(COCC(F)(F)C(F)F)Cc1ccc(I)cc1. The van der Waals surface area contributed by atoms with Crippen LogP contribution in [0.3, 0.4) is 0 Å². The van der Waals surface area contributed by atoms with Gasteiger partial charge in [-0.2, -0.15) is 8.78 Å². The second-order valence-electron chi connectivity index (χ2n) is 4.17. The lowest BCUT2D eigenvalue weighted by molar-refractivity contribution is -0.166. The highest BCUT2D eigenvalue weighted by molar-refractivity contribution is 14.1. The number of alkyl halides is 4. The molecule has 0 aliphatic carbocycles. The highest BCUT2D eigenvalue weighted by Gasteiger charge is 2.40. The molecule has 0 amide bonds. The van der Waals surface area contributed by atoms with Crippen molar-refractivity contribution in [2.24, 2.45) is 5.73 Å². The Morgan fingerprint density at radius 1 is 1.21 bits per heavy atom. The van der Waals surface area contributed by atoms with Gasteiger partial charge in [-0.3, -0.25) is 0 Å². The highest BCUT2D eigenvalue weighted by Crippen LogP contribution is 2.22. The molecule has 0 heterocycles. The molecular formula is C12H14F4INO. The van der Waals surface area contributed by atoms with Gasteiger partial charge in [0.05, 0.1) is 6.61 Å². The number of halogens is 5. The van der Waals surface area contributed by atoms with Crippen molar-refractivity contribution in [2.75, 3.05) is 13.2 Å². The van der Waals surface area contributed by atoms with Gasteiger partial charge in [0.25, 0.3) is 0 Å². The third kappa shape index (κ3) is 6.05. The number of nitrogens with two attached hydrogens (primary N) is 1. The molecule has 1 rings (SSSR count). The molecule has 0 radical (unpaired) electrons. The maximum atomic E-state index is 12.6. The fourth-order valence-electron chi connectivity index (χ4n) is 1.39. The van der Waals surface area contributed by atoms with Crippen LogP contribution < -0.4 is 5.73 Å². The summed E-state index contributed by atoms with van der Waals surface area (Å²) >= 11 is 2.16. The molecule has 0 bridgehead atoms. The van der Waals surface area contributed by atoms with Crippen LogP contribution in [0.4, 0.5) is 17.6 Å². The summed E-state index contributed by atoms with van der Waals surface area (Å²) in [4.78, 5) is 0. The van der Waals surface area contributed by atoms with Crippen molar-refractivity contribution in [3.8, 4) is 0 Å². The van der Waals surface area contributed by atoms with Crippen LogP contribution in [-0.4, -0.2) is 31.6 Å². The lowest BCUT2D eigenvalue weighted by atomic mass is 10.1. The molecule has 1 atom stereocenters. The number of hydrogen-bond donors (Lipinski definition) is 1. The smallest absolute Gasteiger partial charge is 0.330 e. The lowest BCUT2D eigenvalue weighted by Crippen LogP contribution is -2.36. The first kappa shape index (κ1) is 16.6. The summed E-state index contributed by atoms with van der Waals surface area (Å²) in [5.74, 6) is -4.12. The molecule has 1 aromatic rings. The van der Waals surface area contributed by atoms with Crippen LogP contribution in [0, 0.1) is 3.57 Å². The molecule has 1 aromatic carbocycles. The van der Waals surface area contributed by atoms with Crippen molar-refractivity contribution in [1.82, 2.24) is 0 Å². The molecule has 2 N–H and O–H groups in total. The molecule has 0 saturated carbocycles. The van der Waals surface area contributed by atoms with Gasteiger partial charge in [0.1, 0.15) is 6.61 Å². The fourth-order valence-corrected chi connectivity index (χ4v) is 1.75. The Bertz CT molecular complexity index is 386. The monoisotopic (exact) mass is 391 g/mol. The Morgan fingerprint density at radius 3 is 2.32 bits per heavy atom. The van der Waals surface area contributed by atoms with Gasteiger partial charge in [-0.15, -0.1) is 0 Å². The average molecular weight is 391 g/mol. The molecular weight excluding hydrogens is 377 g/mol. The van der Waals surface area contributed by atoms with Crippen LogP contribution in [0.5, 0.6) is 0 Å². The van der Waals surface area contributed by atoms with E-state index in [1.54, 1.807) is 0 Å². The van der Waals surface area contributed by atoms with Gasteiger partial charge in [0.15, 0.2) is 0 Å². The van der Waals surface area contributed by atoms with E-state index in [-0.39, 0.29) is 6.61 Å². The normalized spacial score (nSPS) is 13.8. The predicted octanol–water partition coefficient (Wildman–Crippen LogP) is 3.08. The molecule has 0 saturated heterocycles. The first-order valence-corrected chi connectivity index (χ1v) is 6.63. The molecule has 0 aromatic heterocycles. The summed E-state index contributed by atoms with van der Waals surface area (Å²) in [7, 11) is 0. The van der Waals surface area contributed by atoms with Crippen molar-refractivity contribution >= 4 is 22.6 Å². The van der Waals surface area contributed by atoms with Gasteiger partial charge < -0.3 is 10.5 Å². The Kier molecular flexibility index (Phi) is 6.48. The minimum atomic E-state index is -4.12. The van der Waals surface area contributed by atoms with Gasteiger partial charge >= 0.3 is 12.3 Å². The number of rotatable bonds is 7. The molecule has 0 fully saturated rings. The second-order valence-corrected chi connectivity index (χ2v) is 5.41. The van der Waals surface area contributed by atoms with Crippen LogP contribution in [0.2, 0.25) is 0 Å². The molecule has 19 heavy (non-hydrogen) atoms. The zero-order valence-electron chi connectivity index (χ0n) is 9.96. The summed E-state index contributed by atoms with van der Waals surface area (Å²) < 4.78 is 54.5. The van der Waals surface area contributed by atoms with Crippen molar-refractivity contribution in [3.05, 3.63) is 33.4 Å². The fraction of sp³-hybridized carbons (Fsp3) is 0.500. The van der Waals surface area contributed by atoms with Gasteiger partial charge in [-0.05, 0) is 46.7 Å². The molecule has 7 heteroatoms. The third-order valence-electron chi connectivity index (χ3n) is 2.36. The largest absolute Gasteiger partial charge is 0.373 e.